The summed E-state index contributed by atoms with van der Waals surface area (Å²) in [6.07, 6.45) is 1.14. The maximum Gasteiger partial charge on any atom is 0.221 e. The summed E-state index contributed by atoms with van der Waals surface area (Å²) in [7, 11) is 2.15. The number of amides is 1. The van der Waals surface area contributed by atoms with Crippen LogP contribution in [0.25, 0.3) is 22.2 Å². The largest absolute Gasteiger partial charge is 0.326 e. The van der Waals surface area contributed by atoms with E-state index in [4.69, 9.17) is 4.98 Å². The number of fused-ring (bicyclic) bond motifs is 1. The summed E-state index contributed by atoms with van der Waals surface area (Å²) in [5.41, 5.74) is 5.09. The fourth-order valence-corrected chi connectivity index (χ4v) is 3.21. The van der Waals surface area contributed by atoms with E-state index in [9.17, 15) is 4.79 Å². The first-order chi connectivity index (χ1) is 12.6. The highest BCUT2D eigenvalue weighted by atomic mass is 16.1. The van der Waals surface area contributed by atoms with E-state index in [1.54, 1.807) is 0 Å². The molecular weight excluding hydrogens is 322 g/mol. The van der Waals surface area contributed by atoms with E-state index in [1.807, 2.05) is 30.3 Å². The molecule has 0 unspecified atom stereocenters. The van der Waals surface area contributed by atoms with Gasteiger partial charge in [0.1, 0.15) is 0 Å². The molecule has 0 spiro atoms. The van der Waals surface area contributed by atoms with E-state index < -0.39 is 0 Å². The van der Waals surface area contributed by atoms with Crippen molar-refractivity contribution >= 4 is 22.5 Å². The Balaban J connectivity index is 1.99. The summed E-state index contributed by atoms with van der Waals surface area (Å²) in [4.78, 5) is 18.4. The van der Waals surface area contributed by atoms with Gasteiger partial charge in [-0.2, -0.15) is 0 Å². The summed E-state index contributed by atoms with van der Waals surface area (Å²) in [5, 5.41) is 4.00. The second-order valence-electron chi connectivity index (χ2n) is 6.68. The van der Waals surface area contributed by atoms with Gasteiger partial charge in [0.25, 0.3) is 0 Å². The van der Waals surface area contributed by atoms with Crippen molar-refractivity contribution in [2.75, 3.05) is 18.9 Å². The number of rotatable bonds is 6. The van der Waals surface area contributed by atoms with E-state index in [2.05, 4.69) is 48.5 Å². The Morgan fingerprint density at radius 3 is 2.54 bits per heavy atom. The Bertz CT molecular complexity index is 903. The first-order valence-corrected chi connectivity index (χ1v) is 9.02. The molecule has 0 radical (unpaired) electrons. The van der Waals surface area contributed by atoms with E-state index in [-0.39, 0.29) is 5.91 Å². The lowest BCUT2D eigenvalue weighted by Gasteiger charge is -2.18. The van der Waals surface area contributed by atoms with Crippen LogP contribution in [0, 0.1) is 0 Å². The van der Waals surface area contributed by atoms with Crippen LogP contribution in [0.2, 0.25) is 0 Å². The van der Waals surface area contributed by atoms with Gasteiger partial charge in [-0.1, -0.05) is 37.3 Å². The van der Waals surface area contributed by atoms with Gasteiger partial charge in [0, 0.05) is 30.1 Å². The Hall–Kier alpha value is -2.72. The number of hydrogen-bond acceptors (Lipinski definition) is 3. The van der Waals surface area contributed by atoms with Crippen molar-refractivity contribution in [1.82, 2.24) is 9.88 Å². The van der Waals surface area contributed by atoms with Crippen LogP contribution in [-0.2, 0) is 11.3 Å². The molecule has 26 heavy (non-hydrogen) atoms. The van der Waals surface area contributed by atoms with Crippen molar-refractivity contribution in [1.29, 1.82) is 0 Å². The molecule has 0 bridgehead atoms. The van der Waals surface area contributed by atoms with Gasteiger partial charge in [-0.3, -0.25) is 4.79 Å². The summed E-state index contributed by atoms with van der Waals surface area (Å²) in [6, 6.07) is 18.3. The highest BCUT2D eigenvalue weighted by Crippen LogP contribution is 2.26. The zero-order valence-corrected chi connectivity index (χ0v) is 15.6. The van der Waals surface area contributed by atoms with Gasteiger partial charge >= 0.3 is 0 Å². The van der Waals surface area contributed by atoms with Crippen LogP contribution in [0.5, 0.6) is 0 Å². The maximum absolute atomic E-state index is 11.2. The van der Waals surface area contributed by atoms with Gasteiger partial charge in [-0.05, 0) is 49.8 Å². The fourth-order valence-electron chi connectivity index (χ4n) is 3.21. The lowest BCUT2D eigenvalue weighted by molar-refractivity contribution is -0.114. The number of carbonyl (C=O) groups excluding carboxylic acids is 1. The molecule has 0 aliphatic rings. The summed E-state index contributed by atoms with van der Waals surface area (Å²) >= 11 is 0. The van der Waals surface area contributed by atoms with Crippen LogP contribution < -0.4 is 5.32 Å². The molecule has 2 aromatic carbocycles. The molecule has 3 rings (SSSR count). The average Bonchev–Trinajstić information content (AvgIpc) is 2.62. The molecule has 0 aliphatic heterocycles. The summed E-state index contributed by atoms with van der Waals surface area (Å²) < 4.78 is 0. The molecule has 1 aromatic heterocycles. The van der Waals surface area contributed by atoms with Crippen LogP contribution in [0.4, 0.5) is 5.69 Å². The number of pyridine rings is 1. The Labute approximate surface area is 154 Å². The van der Waals surface area contributed by atoms with Gasteiger partial charge in [0.2, 0.25) is 5.91 Å². The van der Waals surface area contributed by atoms with Crippen molar-refractivity contribution in [3.63, 3.8) is 0 Å². The molecule has 0 saturated heterocycles. The third-order valence-corrected chi connectivity index (χ3v) is 4.35. The number of anilines is 1. The van der Waals surface area contributed by atoms with Crippen molar-refractivity contribution in [3.05, 3.63) is 60.2 Å². The lowest BCUT2D eigenvalue weighted by atomic mass is 10.0. The quantitative estimate of drug-likeness (QED) is 0.703. The Kier molecular flexibility index (Phi) is 5.64. The summed E-state index contributed by atoms with van der Waals surface area (Å²) in [6.45, 7) is 5.67. The number of hydrogen-bond donors (Lipinski definition) is 1. The standard InChI is InChI=1S/C22H25N3O/c1-4-13-25(3)15-18-14-22(24-21-8-6-5-7-20(18)21)17-9-11-19(12-10-17)23-16(2)26/h5-12,14H,4,13,15H2,1-3H3,(H,23,26). The first-order valence-electron chi connectivity index (χ1n) is 9.02. The molecule has 4 heteroatoms. The van der Waals surface area contributed by atoms with Crippen LogP contribution in [0.1, 0.15) is 25.8 Å². The van der Waals surface area contributed by atoms with Crippen LogP contribution in [0.15, 0.2) is 54.6 Å². The molecule has 0 atom stereocenters. The SMILES string of the molecule is CCCN(C)Cc1cc(-c2ccc(NC(C)=O)cc2)nc2ccccc12. The van der Waals surface area contributed by atoms with Gasteiger partial charge in [0.05, 0.1) is 11.2 Å². The molecule has 0 fully saturated rings. The molecule has 3 aromatic rings. The van der Waals surface area contributed by atoms with E-state index >= 15 is 0 Å². The van der Waals surface area contributed by atoms with Crippen molar-refractivity contribution in [2.45, 2.75) is 26.8 Å². The zero-order valence-electron chi connectivity index (χ0n) is 15.6. The van der Waals surface area contributed by atoms with Crippen LogP contribution >= 0.6 is 0 Å². The van der Waals surface area contributed by atoms with Gasteiger partial charge < -0.3 is 10.2 Å². The van der Waals surface area contributed by atoms with Gasteiger partial charge in [0.15, 0.2) is 0 Å². The molecule has 1 N–H and O–H groups in total. The van der Waals surface area contributed by atoms with Gasteiger partial charge in [-0.25, -0.2) is 4.98 Å². The van der Waals surface area contributed by atoms with Gasteiger partial charge in [-0.15, -0.1) is 0 Å². The van der Waals surface area contributed by atoms with Crippen molar-refractivity contribution in [2.24, 2.45) is 0 Å². The van der Waals surface area contributed by atoms with Crippen molar-refractivity contribution < 1.29 is 4.79 Å². The molecule has 0 aliphatic carbocycles. The second-order valence-corrected chi connectivity index (χ2v) is 6.68. The monoisotopic (exact) mass is 347 g/mol. The minimum atomic E-state index is -0.0668. The van der Waals surface area contributed by atoms with E-state index in [1.165, 1.54) is 17.9 Å². The highest BCUT2D eigenvalue weighted by molar-refractivity contribution is 5.89. The topological polar surface area (TPSA) is 45.2 Å². The molecule has 1 amide bonds. The highest BCUT2D eigenvalue weighted by Gasteiger charge is 2.09. The first kappa shape index (κ1) is 18.1. The number of nitrogens with one attached hydrogen (secondary N) is 1. The number of nitrogens with zero attached hydrogens (tertiary/aromatic N) is 2. The zero-order chi connectivity index (χ0) is 18.5. The lowest BCUT2D eigenvalue weighted by Crippen LogP contribution is -2.18. The second kappa shape index (κ2) is 8.11. The maximum atomic E-state index is 11.2. The molecule has 1 heterocycles. The number of carbonyl (C=O) groups is 1. The Morgan fingerprint density at radius 2 is 1.85 bits per heavy atom. The van der Waals surface area contributed by atoms with E-state index in [0.717, 1.165) is 42.0 Å². The predicted octanol–water partition coefficient (Wildman–Crippen LogP) is 4.70. The number of aromatic nitrogens is 1. The fraction of sp³-hybridized carbons (Fsp3) is 0.273. The normalized spacial score (nSPS) is 11.1. The van der Waals surface area contributed by atoms with Crippen LogP contribution in [0.3, 0.4) is 0 Å². The Morgan fingerprint density at radius 1 is 1.12 bits per heavy atom. The molecule has 134 valence electrons. The third kappa shape index (κ3) is 4.27. The summed E-state index contributed by atoms with van der Waals surface area (Å²) in [5.74, 6) is -0.0668. The molecule has 4 nitrogen and oxygen atoms in total. The average molecular weight is 347 g/mol. The predicted molar refractivity (Wildman–Crippen MR) is 108 cm³/mol. The third-order valence-electron chi connectivity index (χ3n) is 4.35. The van der Waals surface area contributed by atoms with Crippen LogP contribution in [-0.4, -0.2) is 29.4 Å². The minimum absolute atomic E-state index is 0.0668. The molecular formula is C22H25N3O. The number of benzene rings is 2. The minimum Gasteiger partial charge on any atom is -0.326 e. The smallest absolute Gasteiger partial charge is 0.221 e. The number of para-hydroxylation sites is 1. The van der Waals surface area contributed by atoms with E-state index in [0.29, 0.717) is 0 Å². The molecule has 0 saturated carbocycles. The van der Waals surface area contributed by atoms with Crippen molar-refractivity contribution in [3.8, 4) is 11.3 Å².